The number of ether oxygens (including phenoxy) is 1. The first kappa shape index (κ1) is 35.9. The summed E-state index contributed by atoms with van der Waals surface area (Å²) in [7, 11) is -1.89. The molecule has 0 N–H and O–H groups in total. The van der Waals surface area contributed by atoms with E-state index in [1.807, 2.05) is 59.5 Å². The van der Waals surface area contributed by atoms with Crippen molar-refractivity contribution in [1.29, 1.82) is 0 Å². The molecular formula is C37H50ClN3O4S. The largest absolute Gasteiger partial charge is 0.445 e. The summed E-state index contributed by atoms with van der Waals surface area (Å²) < 4.78 is 34.0. The van der Waals surface area contributed by atoms with Crippen LogP contribution < -0.4 is 0 Å². The number of hydrogen-bond acceptors (Lipinski definition) is 5. The summed E-state index contributed by atoms with van der Waals surface area (Å²) >= 11 is 0. The summed E-state index contributed by atoms with van der Waals surface area (Å²) in [5.74, 6) is 0.625. The van der Waals surface area contributed by atoms with E-state index in [4.69, 9.17) is 4.74 Å². The molecule has 1 atom stereocenters. The van der Waals surface area contributed by atoms with Gasteiger partial charge in [-0.1, -0.05) is 98.1 Å². The van der Waals surface area contributed by atoms with Crippen molar-refractivity contribution in [2.24, 2.45) is 5.92 Å². The Kier molecular flexibility index (Phi) is 13.9. The Bertz CT molecular complexity index is 1410. The number of hydrogen-bond donors (Lipinski definition) is 0. The van der Waals surface area contributed by atoms with Crippen molar-refractivity contribution in [3.8, 4) is 0 Å². The molecule has 9 heteroatoms. The quantitative estimate of drug-likeness (QED) is 0.188. The lowest BCUT2D eigenvalue weighted by Crippen LogP contribution is -2.49. The molecule has 0 aromatic heterocycles. The molecule has 1 amide bonds. The molecule has 1 saturated carbocycles. The predicted octanol–water partition coefficient (Wildman–Crippen LogP) is 7.59. The normalized spacial score (nSPS) is 17.3. The van der Waals surface area contributed by atoms with Gasteiger partial charge in [0, 0.05) is 39.3 Å². The van der Waals surface area contributed by atoms with E-state index in [0.29, 0.717) is 24.0 Å². The summed E-state index contributed by atoms with van der Waals surface area (Å²) in [6.07, 6.45) is 8.69. The first-order chi connectivity index (χ1) is 21.9. The molecule has 2 aliphatic rings. The summed E-state index contributed by atoms with van der Waals surface area (Å²) in [5.41, 5.74) is 2.16. The zero-order chi connectivity index (χ0) is 31.5. The summed E-state index contributed by atoms with van der Waals surface area (Å²) in [6, 6.07) is 29.0. The van der Waals surface area contributed by atoms with Gasteiger partial charge in [0.2, 0.25) is 10.0 Å². The number of carbonyl (C=O) groups excluding carboxylic acids is 1. The molecule has 5 rings (SSSR count). The molecule has 0 spiro atoms. The number of carbonyl (C=O) groups is 1. The van der Waals surface area contributed by atoms with Crippen LogP contribution in [0.5, 0.6) is 0 Å². The van der Waals surface area contributed by atoms with Crippen LogP contribution in [-0.2, 0) is 21.4 Å². The highest BCUT2D eigenvalue weighted by atomic mass is 35.5. The lowest BCUT2D eigenvalue weighted by molar-refractivity contribution is 0.0497. The fourth-order valence-electron chi connectivity index (χ4n) is 6.89. The highest BCUT2D eigenvalue weighted by Gasteiger charge is 2.32. The lowest BCUT2D eigenvalue weighted by atomic mass is 9.88. The number of nitrogens with zero attached hydrogens (tertiary/aromatic N) is 3. The van der Waals surface area contributed by atoms with Crippen LogP contribution in [0.1, 0.15) is 68.4 Å². The Hall–Kier alpha value is -2.91. The summed E-state index contributed by atoms with van der Waals surface area (Å²) in [6.45, 7) is 4.22. The van der Waals surface area contributed by atoms with E-state index in [-0.39, 0.29) is 30.5 Å². The van der Waals surface area contributed by atoms with Crippen molar-refractivity contribution >= 4 is 28.5 Å². The molecule has 250 valence electrons. The average molecular weight is 668 g/mol. The molecular weight excluding hydrogens is 618 g/mol. The van der Waals surface area contributed by atoms with Crippen LogP contribution >= 0.6 is 12.4 Å². The van der Waals surface area contributed by atoms with E-state index in [9.17, 15) is 13.2 Å². The van der Waals surface area contributed by atoms with Crippen molar-refractivity contribution in [2.45, 2.75) is 74.8 Å². The van der Waals surface area contributed by atoms with Gasteiger partial charge >= 0.3 is 6.09 Å². The summed E-state index contributed by atoms with van der Waals surface area (Å²) in [4.78, 5) is 18.3. The van der Waals surface area contributed by atoms with Crippen LogP contribution in [0.3, 0.4) is 0 Å². The Morgan fingerprint density at radius 2 is 1.43 bits per heavy atom. The van der Waals surface area contributed by atoms with E-state index in [2.05, 4.69) is 17.0 Å². The number of sulfonamides is 1. The smallest absolute Gasteiger partial charge is 0.410 e. The van der Waals surface area contributed by atoms with Crippen molar-refractivity contribution < 1.29 is 17.9 Å². The second-order valence-corrected chi connectivity index (χ2v) is 14.8. The van der Waals surface area contributed by atoms with Gasteiger partial charge in [-0.15, -0.1) is 12.4 Å². The van der Waals surface area contributed by atoms with Crippen LogP contribution in [0.2, 0.25) is 0 Å². The van der Waals surface area contributed by atoms with Crippen molar-refractivity contribution in [1.82, 2.24) is 14.1 Å². The second kappa shape index (κ2) is 17.9. The lowest BCUT2D eigenvalue weighted by Gasteiger charge is -2.40. The third kappa shape index (κ3) is 10.0. The molecule has 1 saturated heterocycles. The van der Waals surface area contributed by atoms with Crippen LogP contribution in [0.25, 0.3) is 0 Å². The maximum atomic E-state index is 13.5. The Balaban J connectivity index is 0.00000480. The topological polar surface area (TPSA) is 70.2 Å². The third-order valence-electron chi connectivity index (χ3n) is 9.61. The fourth-order valence-corrected chi connectivity index (χ4v) is 8.12. The first-order valence-corrected chi connectivity index (χ1v) is 18.1. The van der Waals surface area contributed by atoms with E-state index in [1.165, 1.54) is 36.4 Å². The van der Waals surface area contributed by atoms with Crippen molar-refractivity contribution in [2.75, 3.05) is 39.8 Å². The van der Waals surface area contributed by atoms with Gasteiger partial charge in [0.05, 0.1) is 4.90 Å². The zero-order valence-corrected chi connectivity index (χ0v) is 28.7. The minimum Gasteiger partial charge on any atom is -0.445 e. The SMILES string of the molecule is CN(C[C@H](CCN1CCC(N(CC2CCCCC2)C(=O)OCc2ccccc2)CC1)c1ccccc1)S(=O)(=O)c1ccccc1.Cl. The number of piperidine rings is 1. The standard InChI is InChI=1S/C37H49N3O4S.ClH/c1-38(45(42,43)36-20-12-5-13-21-36)29-34(33-18-10-4-11-19-33)22-25-39-26-23-35(24-27-39)40(28-31-14-6-2-7-15-31)37(41)44-30-32-16-8-3-9-17-32;/h3-5,8-13,16-21,31,34-35H,2,6-7,14-15,22-30H2,1H3;1H/t34-;/m0./s1. The third-order valence-corrected chi connectivity index (χ3v) is 11.4. The average Bonchev–Trinajstić information content (AvgIpc) is 3.10. The van der Waals surface area contributed by atoms with Gasteiger partial charge < -0.3 is 14.5 Å². The highest BCUT2D eigenvalue weighted by Crippen LogP contribution is 2.29. The van der Waals surface area contributed by atoms with E-state index in [0.717, 1.165) is 56.6 Å². The number of rotatable bonds is 13. The van der Waals surface area contributed by atoms with Gasteiger partial charge in [0.1, 0.15) is 6.61 Å². The molecule has 46 heavy (non-hydrogen) atoms. The molecule has 3 aromatic carbocycles. The molecule has 0 radical (unpaired) electrons. The molecule has 7 nitrogen and oxygen atoms in total. The van der Waals surface area contributed by atoms with Gasteiger partial charge in [-0.05, 0) is 73.7 Å². The molecule has 1 aliphatic carbocycles. The second-order valence-electron chi connectivity index (χ2n) is 12.8. The van der Waals surface area contributed by atoms with E-state index >= 15 is 0 Å². The Morgan fingerprint density at radius 1 is 0.848 bits per heavy atom. The molecule has 3 aromatic rings. The van der Waals surface area contributed by atoms with Gasteiger partial charge in [-0.2, -0.15) is 0 Å². The molecule has 1 aliphatic heterocycles. The molecule has 0 bridgehead atoms. The van der Waals surface area contributed by atoms with E-state index < -0.39 is 10.0 Å². The van der Waals surface area contributed by atoms with Gasteiger partial charge in [-0.25, -0.2) is 17.5 Å². The zero-order valence-electron chi connectivity index (χ0n) is 27.1. The fraction of sp³-hybridized carbons (Fsp3) is 0.486. The molecule has 0 unspecified atom stereocenters. The molecule has 2 fully saturated rings. The maximum absolute atomic E-state index is 13.5. The Morgan fingerprint density at radius 3 is 2.07 bits per heavy atom. The molecule has 1 heterocycles. The van der Waals surface area contributed by atoms with Crippen LogP contribution in [0.4, 0.5) is 4.79 Å². The first-order valence-electron chi connectivity index (χ1n) is 16.7. The van der Waals surface area contributed by atoms with Crippen LogP contribution in [0, 0.1) is 5.92 Å². The van der Waals surface area contributed by atoms with Gasteiger partial charge in [-0.3, -0.25) is 0 Å². The summed E-state index contributed by atoms with van der Waals surface area (Å²) in [5, 5.41) is 0. The number of amides is 1. The van der Waals surface area contributed by atoms with Crippen molar-refractivity contribution in [3.05, 3.63) is 102 Å². The van der Waals surface area contributed by atoms with Crippen LogP contribution in [-0.4, -0.2) is 74.4 Å². The predicted molar refractivity (Wildman–Crippen MR) is 187 cm³/mol. The minimum absolute atomic E-state index is 0. The maximum Gasteiger partial charge on any atom is 0.410 e. The van der Waals surface area contributed by atoms with Crippen LogP contribution in [0.15, 0.2) is 95.9 Å². The number of likely N-dealkylation sites (N-methyl/N-ethyl adjacent to an activating group) is 1. The monoisotopic (exact) mass is 667 g/mol. The van der Waals surface area contributed by atoms with Crippen molar-refractivity contribution in [3.63, 3.8) is 0 Å². The number of benzene rings is 3. The number of halogens is 1. The van der Waals surface area contributed by atoms with Gasteiger partial charge in [0.25, 0.3) is 0 Å². The number of likely N-dealkylation sites (tertiary alicyclic amines) is 1. The van der Waals surface area contributed by atoms with E-state index in [1.54, 1.807) is 31.3 Å². The van der Waals surface area contributed by atoms with Gasteiger partial charge in [0.15, 0.2) is 0 Å². The Labute approximate surface area is 282 Å². The minimum atomic E-state index is -3.57. The highest BCUT2D eigenvalue weighted by molar-refractivity contribution is 7.89.